The molecule has 1 aromatic rings. The van der Waals surface area contributed by atoms with E-state index in [1.807, 2.05) is 0 Å². The van der Waals surface area contributed by atoms with E-state index < -0.39 is 10.0 Å². The van der Waals surface area contributed by atoms with Crippen LogP contribution >= 0.6 is 12.2 Å². The van der Waals surface area contributed by atoms with E-state index in [2.05, 4.69) is 11.6 Å². The Labute approximate surface area is 113 Å². The van der Waals surface area contributed by atoms with Gasteiger partial charge in [-0.25, -0.2) is 13.1 Å². The van der Waals surface area contributed by atoms with Crippen LogP contribution in [0, 0.1) is 5.92 Å². The topological polar surface area (TPSA) is 72.2 Å². The molecule has 4 nitrogen and oxygen atoms in total. The zero-order valence-corrected chi connectivity index (χ0v) is 11.7. The van der Waals surface area contributed by atoms with Gasteiger partial charge in [-0.1, -0.05) is 43.8 Å². The van der Waals surface area contributed by atoms with Crippen molar-refractivity contribution in [3.8, 4) is 0 Å². The van der Waals surface area contributed by atoms with Gasteiger partial charge in [-0.05, 0) is 18.4 Å². The van der Waals surface area contributed by atoms with Crippen LogP contribution in [-0.2, 0) is 10.0 Å². The summed E-state index contributed by atoms with van der Waals surface area (Å²) in [5.41, 5.74) is 5.95. The lowest BCUT2D eigenvalue weighted by atomic mass is 10.2. The summed E-state index contributed by atoms with van der Waals surface area (Å²) in [6, 6.07) is 6.60. The van der Waals surface area contributed by atoms with E-state index in [0.29, 0.717) is 11.5 Å². The number of rotatable bonds is 5. The molecule has 3 N–H and O–H groups in total. The molecule has 0 amide bonds. The molecule has 0 heterocycles. The molecule has 6 heteroatoms. The first-order valence-electron chi connectivity index (χ1n) is 5.87. The number of thiocarbonyl (C=S) groups is 1. The van der Waals surface area contributed by atoms with E-state index in [9.17, 15) is 8.42 Å². The second-order valence-electron chi connectivity index (χ2n) is 4.49. The smallest absolute Gasteiger partial charge is 0.241 e. The molecule has 2 rings (SSSR count). The van der Waals surface area contributed by atoms with Crippen molar-refractivity contribution in [2.24, 2.45) is 11.7 Å². The highest BCUT2D eigenvalue weighted by atomic mass is 32.2. The Balaban J connectivity index is 2.28. The lowest BCUT2D eigenvalue weighted by Crippen LogP contribution is -2.29. The van der Waals surface area contributed by atoms with E-state index in [1.54, 1.807) is 18.2 Å². The molecule has 0 aliphatic heterocycles. The fourth-order valence-corrected chi connectivity index (χ4v) is 3.79. The second kappa shape index (κ2) is 4.95. The molecule has 0 radical (unpaired) electrons. The first-order valence-corrected chi connectivity index (χ1v) is 7.76. The molecule has 1 saturated carbocycles. The summed E-state index contributed by atoms with van der Waals surface area (Å²) in [4.78, 5) is 0.262. The second-order valence-corrected chi connectivity index (χ2v) is 6.61. The van der Waals surface area contributed by atoms with Crippen LogP contribution in [0.25, 0.3) is 0 Å². The molecule has 1 aliphatic carbocycles. The fraction of sp³-hybridized carbons (Fsp3) is 0.417. The quantitative estimate of drug-likeness (QED) is 0.802. The van der Waals surface area contributed by atoms with Gasteiger partial charge < -0.3 is 5.73 Å². The predicted octanol–water partition coefficient (Wildman–Crippen LogP) is 1.40. The molecular formula is C12H16N2O2S2. The van der Waals surface area contributed by atoms with Crippen LogP contribution in [0.2, 0.25) is 0 Å². The number of sulfonamides is 1. The van der Waals surface area contributed by atoms with Crippen LogP contribution in [-0.4, -0.2) is 19.4 Å². The number of nitrogens with two attached hydrogens (primary N) is 1. The van der Waals surface area contributed by atoms with Gasteiger partial charge in [0.2, 0.25) is 10.0 Å². The predicted molar refractivity (Wildman–Crippen MR) is 74.8 cm³/mol. The van der Waals surface area contributed by atoms with Crippen molar-refractivity contribution in [3.05, 3.63) is 29.8 Å². The molecule has 1 aliphatic rings. The lowest BCUT2D eigenvalue weighted by molar-refractivity contribution is 0.576. The largest absolute Gasteiger partial charge is 0.389 e. The van der Waals surface area contributed by atoms with Crippen LogP contribution in [0.3, 0.4) is 0 Å². The maximum atomic E-state index is 12.2. The number of hydrogen-bond acceptors (Lipinski definition) is 3. The molecule has 0 spiro atoms. The van der Waals surface area contributed by atoms with Gasteiger partial charge in [0, 0.05) is 11.6 Å². The van der Waals surface area contributed by atoms with E-state index >= 15 is 0 Å². The van der Waals surface area contributed by atoms with Crippen molar-refractivity contribution in [2.45, 2.75) is 30.7 Å². The van der Waals surface area contributed by atoms with Crippen LogP contribution in [0.15, 0.2) is 29.2 Å². The summed E-state index contributed by atoms with van der Waals surface area (Å²) in [6.45, 7) is 2.06. The third kappa shape index (κ3) is 2.71. The Morgan fingerprint density at radius 2 is 2.17 bits per heavy atom. The number of benzene rings is 1. The third-order valence-corrected chi connectivity index (χ3v) is 4.96. The molecule has 2 unspecified atom stereocenters. The average molecular weight is 284 g/mol. The maximum absolute atomic E-state index is 12.2. The van der Waals surface area contributed by atoms with E-state index in [0.717, 1.165) is 12.8 Å². The van der Waals surface area contributed by atoms with E-state index in [1.165, 1.54) is 6.07 Å². The highest BCUT2D eigenvalue weighted by Crippen LogP contribution is 2.34. The zero-order chi connectivity index (χ0) is 13.3. The van der Waals surface area contributed by atoms with Gasteiger partial charge in [-0.15, -0.1) is 0 Å². The van der Waals surface area contributed by atoms with Crippen molar-refractivity contribution in [1.29, 1.82) is 0 Å². The van der Waals surface area contributed by atoms with Gasteiger partial charge in [0.05, 0.1) is 4.90 Å². The van der Waals surface area contributed by atoms with Gasteiger partial charge in [0.15, 0.2) is 0 Å². The van der Waals surface area contributed by atoms with Gasteiger partial charge in [-0.3, -0.25) is 0 Å². The van der Waals surface area contributed by atoms with Crippen molar-refractivity contribution < 1.29 is 8.42 Å². The summed E-state index contributed by atoms with van der Waals surface area (Å²) in [5, 5.41) is 0. The fourth-order valence-electron chi connectivity index (χ4n) is 2.01. The standard InChI is InChI=1S/C12H16N2O2S2/c1-2-8-7-10(8)14-18(15,16)11-6-4-3-5-9(11)12(13)17/h3-6,8,10,14H,2,7H2,1H3,(H2,13,17). The Hall–Kier alpha value is -0.980. The Bertz CT molecular complexity index is 569. The van der Waals surface area contributed by atoms with Crippen molar-refractivity contribution in [1.82, 2.24) is 4.72 Å². The van der Waals surface area contributed by atoms with Crippen molar-refractivity contribution in [3.63, 3.8) is 0 Å². The summed E-state index contributed by atoms with van der Waals surface area (Å²) in [5.74, 6) is 0.455. The molecule has 98 valence electrons. The molecule has 0 bridgehead atoms. The minimum Gasteiger partial charge on any atom is -0.389 e. The highest BCUT2D eigenvalue weighted by Gasteiger charge is 2.39. The SMILES string of the molecule is CCC1CC1NS(=O)(=O)c1ccccc1C(N)=S. The molecule has 2 atom stereocenters. The van der Waals surface area contributed by atoms with Crippen LogP contribution in [0.5, 0.6) is 0 Å². The Morgan fingerprint density at radius 3 is 2.72 bits per heavy atom. The lowest BCUT2D eigenvalue weighted by Gasteiger charge is -2.10. The number of nitrogens with one attached hydrogen (secondary N) is 1. The van der Waals surface area contributed by atoms with E-state index in [4.69, 9.17) is 18.0 Å². The third-order valence-electron chi connectivity index (χ3n) is 3.20. The average Bonchev–Trinajstić information content (AvgIpc) is 3.06. The van der Waals surface area contributed by atoms with Crippen LogP contribution in [0.4, 0.5) is 0 Å². The summed E-state index contributed by atoms with van der Waals surface area (Å²) in [7, 11) is -3.53. The summed E-state index contributed by atoms with van der Waals surface area (Å²) < 4.78 is 27.2. The minimum absolute atomic E-state index is 0.0550. The van der Waals surface area contributed by atoms with Gasteiger partial charge in [-0.2, -0.15) is 0 Å². The highest BCUT2D eigenvalue weighted by molar-refractivity contribution is 7.89. The molecule has 0 aromatic heterocycles. The first kappa shape index (κ1) is 13.5. The molecular weight excluding hydrogens is 268 g/mol. The van der Waals surface area contributed by atoms with Crippen molar-refractivity contribution in [2.75, 3.05) is 0 Å². The molecule has 1 fully saturated rings. The monoisotopic (exact) mass is 284 g/mol. The maximum Gasteiger partial charge on any atom is 0.241 e. The van der Waals surface area contributed by atoms with Crippen LogP contribution < -0.4 is 10.5 Å². The molecule has 1 aromatic carbocycles. The van der Waals surface area contributed by atoms with Crippen LogP contribution in [0.1, 0.15) is 25.3 Å². The zero-order valence-electron chi connectivity index (χ0n) is 10.1. The van der Waals surface area contributed by atoms with Gasteiger partial charge >= 0.3 is 0 Å². The Morgan fingerprint density at radius 1 is 1.50 bits per heavy atom. The molecule has 18 heavy (non-hydrogen) atoms. The van der Waals surface area contributed by atoms with E-state index in [-0.39, 0.29) is 15.9 Å². The summed E-state index contributed by atoms with van der Waals surface area (Å²) in [6.07, 6.45) is 1.90. The molecule has 0 saturated heterocycles. The minimum atomic E-state index is -3.53. The van der Waals surface area contributed by atoms with Gasteiger partial charge in [0.25, 0.3) is 0 Å². The van der Waals surface area contributed by atoms with Crippen molar-refractivity contribution >= 4 is 27.2 Å². The Kier molecular flexibility index (Phi) is 3.70. The van der Waals surface area contributed by atoms with Gasteiger partial charge in [0.1, 0.15) is 4.99 Å². The summed E-state index contributed by atoms with van der Waals surface area (Å²) >= 11 is 4.88. The first-order chi connectivity index (χ1) is 8.45. The normalized spacial score (nSPS) is 22.7. The number of hydrogen-bond donors (Lipinski definition) is 2.